The van der Waals surface area contributed by atoms with Crippen molar-refractivity contribution >= 4 is 35.5 Å². The van der Waals surface area contributed by atoms with Gasteiger partial charge < -0.3 is 4.98 Å². The maximum Gasteiger partial charge on any atom is 0.237 e. The van der Waals surface area contributed by atoms with E-state index in [0.29, 0.717) is 17.6 Å². The van der Waals surface area contributed by atoms with Crippen LogP contribution in [-0.2, 0) is 10.8 Å². The van der Waals surface area contributed by atoms with Gasteiger partial charge in [-0.1, -0.05) is 131 Å². The van der Waals surface area contributed by atoms with Crippen LogP contribution in [0, 0.1) is 0 Å². The van der Waals surface area contributed by atoms with E-state index in [1.807, 2.05) is 36.4 Å². The van der Waals surface area contributed by atoms with Gasteiger partial charge in [-0.15, -0.1) is 0 Å². The van der Waals surface area contributed by atoms with Crippen LogP contribution in [-0.4, -0.2) is 24.5 Å². The fraction of sp³-hybridized carbons (Fsp3) is 0.105. The van der Waals surface area contributed by atoms with Crippen molar-refractivity contribution < 1.29 is 0 Å². The molecule has 13 rings (SSSR count). The summed E-state index contributed by atoms with van der Waals surface area (Å²) in [6.45, 7) is 9.66. The summed E-state index contributed by atoms with van der Waals surface area (Å²) in [4.78, 5) is 18.6. The van der Waals surface area contributed by atoms with Crippen molar-refractivity contribution in [2.24, 2.45) is 0 Å². The van der Waals surface area contributed by atoms with E-state index in [2.05, 4.69) is 171 Å². The normalized spacial score (nSPS) is 16.1. The average molecular weight is 796 g/mol. The highest BCUT2D eigenvalue weighted by atomic mass is 15.2. The van der Waals surface area contributed by atoms with E-state index in [1.165, 1.54) is 98.8 Å². The quantitative estimate of drug-likeness (QED) is 0.193. The van der Waals surface area contributed by atoms with Gasteiger partial charge in [0.2, 0.25) is 5.95 Å². The third-order valence-electron chi connectivity index (χ3n) is 13.9. The van der Waals surface area contributed by atoms with Gasteiger partial charge in [0.1, 0.15) is 0 Å². The molecule has 5 heteroatoms. The van der Waals surface area contributed by atoms with Gasteiger partial charge in [-0.2, -0.15) is 9.97 Å². The highest BCUT2D eigenvalue weighted by Crippen LogP contribution is 2.56. The molecule has 0 unspecified atom stereocenters. The summed E-state index contributed by atoms with van der Waals surface area (Å²) in [5.74, 6) is 1.87. The minimum atomic E-state index is -0.336. The van der Waals surface area contributed by atoms with E-state index in [9.17, 15) is 0 Å². The molecule has 1 N–H and O–H groups in total. The molecule has 1 aromatic heterocycles. The van der Waals surface area contributed by atoms with Gasteiger partial charge in [0.15, 0.2) is 11.6 Å². The van der Waals surface area contributed by atoms with Gasteiger partial charge in [-0.05, 0) is 130 Å². The minimum absolute atomic E-state index is 0.207. The number of pyridine rings is 2. The number of rotatable bonds is 4. The van der Waals surface area contributed by atoms with Gasteiger partial charge >= 0.3 is 0 Å². The lowest BCUT2D eigenvalue weighted by molar-refractivity contribution is 0.688. The molecule has 294 valence electrons. The third-order valence-corrected chi connectivity index (χ3v) is 13.9. The van der Waals surface area contributed by atoms with E-state index in [0.717, 1.165) is 11.1 Å². The second kappa shape index (κ2) is 12.5. The van der Waals surface area contributed by atoms with Gasteiger partial charge in [0, 0.05) is 57.9 Å². The molecule has 4 aromatic carbocycles. The maximum atomic E-state index is 5.07. The average Bonchev–Trinajstić information content (AvgIpc) is 4.06. The van der Waals surface area contributed by atoms with Crippen LogP contribution in [0.3, 0.4) is 0 Å². The molecule has 0 bridgehead atoms. The summed E-state index contributed by atoms with van der Waals surface area (Å²) >= 11 is 0. The molecule has 6 aliphatic carbocycles. The molecular weight excluding hydrogens is 755 g/mol. The Labute approximate surface area is 359 Å². The molecule has 2 aliphatic heterocycles. The van der Waals surface area contributed by atoms with E-state index in [1.54, 1.807) is 0 Å². The predicted molar refractivity (Wildman–Crippen MR) is 252 cm³/mol. The van der Waals surface area contributed by atoms with Crippen molar-refractivity contribution in [3.63, 3.8) is 0 Å². The minimum Gasteiger partial charge on any atom is -0.367 e. The molecule has 0 atom stereocenters. The van der Waals surface area contributed by atoms with Crippen molar-refractivity contribution in [3.8, 4) is 62.1 Å². The number of aromatic nitrogens is 5. The number of benzene rings is 4. The molecule has 3 heterocycles. The first-order chi connectivity index (χ1) is 30.2. The molecule has 5 aromatic rings. The van der Waals surface area contributed by atoms with Crippen LogP contribution < -0.4 is 20.9 Å². The standard InChI is InChI=1S/C57H41N5/c1-56(2)50-38(27-36-23-25-62(32-46(36)50)55-60-53(33-14-7-5-8-15-33)59-54(61-55)34-16-9-6-10-17-34)29-39-28-37-19-13-21-43(47(37)51(39)56)48-42-22-24-58-31-45(42)52-44(48)30-40-26-35-18-11-12-20-41(35)49(40)57(52,3)4/h5-32,58H,1-4H3. The zero-order valence-electron chi connectivity index (χ0n) is 35.0. The summed E-state index contributed by atoms with van der Waals surface area (Å²) in [6.07, 6.45) is 18.3. The van der Waals surface area contributed by atoms with Crippen LogP contribution in [0.2, 0.25) is 0 Å². The zero-order valence-corrected chi connectivity index (χ0v) is 35.0. The van der Waals surface area contributed by atoms with Gasteiger partial charge in [-0.25, -0.2) is 4.98 Å². The summed E-state index contributed by atoms with van der Waals surface area (Å²) in [6, 6.07) is 43.0. The predicted octanol–water partition coefficient (Wildman–Crippen LogP) is 9.84. The summed E-state index contributed by atoms with van der Waals surface area (Å²) in [5.41, 5.74) is 19.6. The Hall–Kier alpha value is -7.63. The molecule has 0 radical (unpaired) electrons. The molecule has 0 fully saturated rings. The van der Waals surface area contributed by atoms with Gasteiger partial charge in [-0.3, -0.25) is 4.57 Å². The zero-order chi connectivity index (χ0) is 41.5. The third kappa shape index (κ3) is 4.82. The van der Waals surface area contributed by atoms with Crippen molar-refractivity contribution in [1.82, 2.24) is 24.5 Å². The highest BCUT2D eigenvalue weighted by molar-refractivity contribution is 6.08. The van der Waals surface area contributed by atoms with Crippen LogP contribution in [0.25, 0.3) is 97.6 Å². The number of H-pyrrole nitrogens is 1. The summed E-state index contributed by atoms with van der Waals surface area (Å²) in [5, 5.41) is 5.25. The number of nitrogens with zero attached hydrogens (tertiary/aromatic N) is 4. The Morgan fingerprint density at radius 1 is 0.532 bits per heavy atom. The Morgan fingerprint density at radius 2 is 1.21 bits per heavy atom. The Kier molecular flexibility index (Phi) is 7.07. The maximum absolute atomic E-state index is 5.07. The first kappa shape index (κ1) is 35.2. The molecule has 8 aliphatic rings. The van der Waals surface area contributed by atoms with Crippen LogP contribution in [0.5, 0.6) is 0 Å². The lowest BCUT2D eigenvalue weighted by Crippen LogP contribution is -2.33. The fourth-order valence-corrected chi connectivity index (χ4v) is 11.4. The van der Waals surface area contributed by atoms with Crippen molar-refractivity contribution in [2.45, 2.75) is 38.5 Å². The number of hydrogen-bond donors (Lipinski definition) is 1. The Morgan fingerprint density at radius 3 is 1.98 bits per heavy atom. The molecule has 0 saturated heterocycles. The molecule has 5 nitrogen and oxygen atoms in total. The van der Waals surface area contributed by atoms with Crippen LogP contribution in [0.15, 0.2) is 157 Å². The lowest BCUT2D eigenvalue weighted by atomic mass is 9.69. The molecule has 0 amide bonds. The van der Waals surface area contributed by atoms with E-state index in [-0.39, 0.29) is 10.8 Å². The van der Waals surface area contributed by atoms with Crippen molar-refractivity contribution in [3.05, 3.63) is 200 Å². The number of allylic oxidation sites excluding steroid dienone is 2. The molecular formula is C57H41N5. The van der Waals surface area contributed by atoms with Crippen molar-refractivity contribution in [1.29, 1.82) is 0 Å². The van der Waals surface area contributed by atoms with E-state index in [4.69, 9.17) is 15.0 Å². The van der Waals surface area contributed by atoms with Crippen molar-refractivity contribution in [2.75, 3.05) is 0 Å². The Balaban J connectivity index is 1.02. The second-order valence-electron chi connectivity index (χ2n) is 18.2. The first-order valence-corrected chi connectivity index (χ1v) is 21.5. The second-order valence-corrected chi connectivity index (χ2v) is 18.2. The summed E-state index contributed by atoms with van der Waals surface area (Å²) < 4.78 is 2.07. The van der Waals surface area contributed by atoms with Crippen LogP contribution in [0.1, 0.15) is 49.9 Å². The molecule has 0 saturated carbocycles. The summed E-state index contributed by atoms with van der Waals surface area (Å²) in [7, 11) is 0. The van der Waals surface area contributed by atoms with Crippen LogP contribution in [0.4, 0.5) is 0 Å². The number of hydrogen-bond acceptors (Lipinski definition) is 3. The number of aromatic amines is 1. The number of nitrogens with one attached hydrogen (secondary N) is 1. The molecule has 62 heavy (non-hydrogen) atoms. The molecule has 0 spiro atoms. The fourth-order valence-electron chi connectivity index (χ4n) is 11.4. The monoisotopic (exact) mass is 795 g/mol. The number of fused-ring (bicyclic) bond motifs is 10. The first-order valence-electron chi connectivity index (χ1n) is 21.5. The van der Waals surface area contributed by atoms with Gasteiger partial charge in [0.05, 0.1) is 0 Å². The van der Waals surface area contributed by atoms with Gasteiger partial charge in [0.25, 0.3) is 0 Å². The van der Waals surface area contributed by atoms with E-state index < -0.39 is 0 Å². The van der Waals surface area contributed by atoms with Crippen LogP contribution >= 0.6 is 0 Å². The lowest BCUT2D eigenvalue weighted by Gasteiger charge is -2.34. The SMILES string of the molecule is CC1(C)C2=c3c(-c4c5cc[nH]cc-5c5c4C=C4C=c6ccccc6=C4C5(C)C)cccc3=CC2=Cc2cc3ccn(-c4nc(-c5ccccc5)nc(-c5ccccc5)n4)cc-3c21. The smallest absolute Gasteiger partial charge is 0.237 e. The topological polar surface area (TPSA) is 59.4 Å². The largest absolute Gasteiger partial charge is 0.367 e. The van der Waals surface area contributed by atoms with E-state index >= 15 is 0 Å². The highest BCUT2D eigenvalue weighted by Gasteiger charge is 2.43. The Bertz CT molecular complexity index is 3610.